The fraction of sp³-hybridized carbons (Fsp3) is 0.625. The summed E-state index contributed by atoms with van der Waals surface area (Å²) in [6, 6.07) is 8.48. The van der Waals surface area contributed by atoms with Gasteiger partial charge in [0.2, 0.25) is 0 Å². The largest absolute Gasteiger partial charge is 0.385 e. The maximum absolute atomic E-state index is 10.9. The SMILES string of the molecule is CCCCCC1(O)CCCCc2ccccc21. The molecule has 0 heterocycles. The minimum absolute atomic E-state index is 0.553. The fourth-order valence-corrected chi connectivity index (χ4v) is 2.99. The minimum atomic E-state index is -0.553. The third kappa shape index (κ3) is 2.90. The molecular weight excluding hydrogens is 208 g/mol. The second kappa shape index (κ2) is 5.68. The Morgan fingerprint density at radius 1 is 1.18 bits per heavy atom. The van der Waals surface area contributed by atoms with E-state index in [0.29, 0.717) is 0 Å². The van der Waals surface area contributed by atoms with Gasteiger partial charge >= 0.3 is 0 Å². The van der Waals surface area contributed by atoms with Gasteiger partial charge < -0.3 is 5.11 Å². The third-order valence-electron chi connectivity index (χ3n) is 4.00. The van der Waals surface area contributed by atoms with E-state index >= 15 is 0 Å². The summed E-state index contributed by atoms with van der Waals surface area (Å²) in [6.45, 7) is 2.21. The van der Waals surface area contributed by atoms with Gasteiger partial charge in [-0.05, 0) is 43.2 Å². The molecule has 0 saturated carbocycles. The van der Waals surface area contributed by atoms with Gasteiger partial charge in [-0.15, -0.1) is 0 Å². The normalized spacial score (nSPS) is 24.1. The first-order chi connectivity index (χ1) is 8.26. The van der Waals surface area contributed by atoms with Crippen molar-refractivity contribution >= 4 is 0 Å². The molecular formula is C16H24O. The molecule has 1 unspecified atom stereocenters. The van der Waals surface area contributed by atoms with Crippen molar-refractivity contribution in [1.29, 1.82) is 0 Å². The van der Waals surface area contributed by atoms with Crippen LogP contribution in [0.3, 0.4) is 0 Å². The Balaban J connectivity index is 2.20. The molecule has 0 aromatic heterocycles. The van der Waals surface area contributed by atoms with Crippen molar-refractivity contribution in [2.24, 2.45) is 0 Å². The molecule has 1 aliphatic rings. The van der Waals surface area contributed by atoms with Crippen molar-refractivity contribution < 1.29 is 5.11 Å². The van der Waals surface area contributed by atoms with E-state index < -0.39 is 5.60 Å². The highest BCUT2D eigenvalue weighted by molar-refractivity contribution is 5.33. The van der Waals surface area contributed by atoms with Crippen LogP contribution in [-0.4, -0.2) is 5.11 Å². The first-order valence-corrected chi connectivity index (χ1v) is 7.07. The molecule has 1 aromatic carbocycles. The van der Waals surface area contributed by atoms with Crippen LogP contribution in [0.5, 0.6) is 0 Å². The number of hydrogen-bond donors (Lipinski definition) is 1. The predicted molar refractivity (Wildman–Crippen MR) is 72.0 cm³/mol. The Morgan fingerprint density at radius 3 is 2.82 bits per heavy atom. The number of fused-ring (bicyclic) bond motifs is 1. The molecule has 0 spiro atoms. The molecule has 1 N–H and O–H groups in total. The lowest BCUT2D eigenvalue weighted by atomic mass is 9.83. The standard InChI is InChI=1S/C16H24O/c1-2-3-7-12-16(17)13-8-6-10-14-9-4-5-11-15(14)16/h4-5,9,11,17H,2-3,6-8,10,12-13H2,1H3. The first-order valence-electron chi connectivity index (χ1n) is 7.07. The highest BCUT2D eigenvalue weighted by atomic mass is 16.3. The van der Waals surface area contributed by atoms with Crippen LogP contribution in [-0.2, 0) is 12.0 Å². The van der Waals surface area contributed by atoms with E-state index in [9.17, 15) is 5.11 Å². The molecule has 17 heavy (non-hydrogen) atoms. The predicted octanol–water partition coefficient (Wildman–Crippen LogP) is 4.18. The molecule has 0 radical (unpaired) electrons. The van der Waals surface area contributed by atoms with E-state index in [1.165, 1.54) is 30.4 Å². The van der Waals surface area contributed by atoms with Crippen LogP contribution in [0.15, 0.2) is 24.3 Å². The van der Waals surface area contributed by atoms with Gasteiger partial charge in [-0.3, -0.25) is 0 Å². The summed E-state index contributed by atoms with van der Waals surface area (Å²) >= 11 is 0. The highest BCUT2D eigenvalue weighted by Crippen LogP contribution is 2.37. The van der Waals surface area contributed by atoms with Gasteiger partial charge in [0, 0.05) is 0 Å². The number of benzene rings is 1. The Bertz CT molecular complexity index is 358. The van der Waals surface area contributed by atoms with E-state index in [2.05, 4.69) is 31.2 Å². The molecule has 1 heteroatoms. The summed E-state index contributed by atoms with van der Waals surface area (Å²) in [5.41, 5.74) is 2.01. The van der Waals surface area contributed by atoms with Gasteiger partial charge in [0.1, 0.15) is 0 Å². The molecule has 0 bridgehead atoms. The van der Waals surface area contributed by atoms with Gasteiger partial charge in [0.15, 0.2) is 0 Å². The highest BCUT2D eigenvalue weighted by Gasteiger charge is 2.31. The van der Waals surface area contributed by atoms with Crippen molar-refractivity contribution in [3.8, 4) is 0 Å². The number of unbranched alkanes of at least 4 members (excludes halogenated alkanes) is 2. The van der Waals surface area contributed by atoms with Crippen molar-refractivity contribution in [2.45, 2.75) is 63.9 Å². The van der Waals surface area contributed by atoms with Crippen LogP contribution in [0, 0.1) is 0 Å². The Hall–Kier alpha value is -0.820. The first kappa shape index (κ1) is 12.6. The van der Waals surface area contributed by atoms with Crippen LogP contribution in [0.2, 0.25) is 0 Å². The van der Waals surface area contributed by atoms with Gasteiger partial charge in [0.05, 0.1) is 5.60 Å². The van der Waals surface area contributed by atoms with Gasteiger partial charge in [0.25, 0.3) is 0 Å². The summed E-state index contributed by atoms with van der Waals surface area (Å²) in [7, 11) is 0. The molecule has 94 valence electrons. The number of rotatable bonds is 4. The quantitative estimate of drug-likeness (QED) is 0.610. The summed E-state index contributed by atoms with van der Waals surface area (Å²) in [4.78, 5) is 0. The maximum atomic E-state index is 10.9. The Kier molecular flexibility index (Phi) is 4.22. The molecule has 0 fully saturated rings. The van der Waals surface area contributed by atoms with Gasteiger partial charge in [-0.1, -0.05) is 50.5 Å². The summed E-state index contributed by atoms with van der Waals surface area (Å²) < 4.78 is 0. The average Bonchev–Trinajstić information content (AvgIpc) is 2.51. The zero-order valence-electron chi connectivity index (χ0n) is 10.9. The van der Waals surface area contributed by atoms with E-state index in [0.717, 1.165) is 32.1 Å². The minimum Gasteiger partial charge on any atom is -0.385 e. The lowest BCUT2D eigenvalue weighted by Gasteiger charge is -2.29. The second-order valence-corrected chi connectivity index (χ2v) is 5.35. The molecule has 1 aliphatic carbocycles. The Morgan fingerprint density at radius 2 is 2.00 bits per heavy atom. The van der Waals surface area contributed by atoms with E-state index in [-0.39, 0.29) is 0 Å². The number of aryl methyl sites for hydroxylation is 1. The van der Waals surface area contributed by atoms with Crippen molar-refractivity contribution in [1.82, 2.24) is 0 Å². The van der Waals surface area contributed by atoms with Crippen LogP contribution in [0.1, 0.15) is 63.0 Å². The lowest BCUT2D eigenvalue weighted by molar-refractivity contribution is 0.0155. The fourth-order valence-electron chi connectivity index (χ4n) is 2.99. The van der Waals surface area contributed by atoms with Crippen LogP contribution < -0.4 is 0 Å². The van der Waals surface area contributed by atoms with E-state index in [1.54, 1.807) is 0 Å². The third-order valence-corrected chi connectivity index (χ3v) is 4.00. The van der Waals surface area contributed by atoms with Gasteiger partial charge in [-0.25, -0.2) is 0 Å². The smallest absolute Gasteiger partial charge is 0.0899 e. The van der Waals surface area contributed by atoms with E-state index in [1.807, 2.05) is 0 Å². The maximum Gasteiger partial charge on any atom is 0.0899 e. The van der Waals surface area contributed by atoms with Crippen molar-refractivity contribution in [3.63, 3.8) is 0 Å². The van der Waals surface area contributed by atoms with E-state index in [4.69, 9.17) is 0 Å². The molecule has 1 aromatic rings. The molecule has 1 nitrogen and oxygen atoms in total. The summed E-state index contributed by atoms with van der Waals surface area (Å²) in [5.74, 6) is 0. The zero-order valence-corrected chi connectivity index (χ0v) is 10.9. The molecule has 1 atom stereocenters. The van der Waals surface area contributed by atoms with Crippen molar-refractivity contribution in [3.05, 3.63) is 35.4 Å². The second-order valence-electron chi connectivity index (χ2n) is 5.35. The average molecular weight is 232 g/mol. The summed E-state index contributed by atoms with van der Waals surface area (Å²) in [6.07, 6.45) is 8.95. The van der Waals surface area contributed by atoms with Crippen molar-refractivity contribution in [2.75, 3.05) is 0 Å². The van der Waals surface area contributed by atoms with Crippen LogP contribution in [0.4, 0.5) is 0 Å². The Labute approximate surface area is 105 Å². The van der Waals surface area contributed by atoms with Gasteiger partial charge in [-0.2, -0.15) is 0 Å². The van der Waals surface area contributed by atoms with Crippen LogP contribution in [0.25, 0.3) is 0 Å². The molecule has 0 aliphatic heterocycles. The molecule has 2 rings (SSSR count). The summed E-state index contributed by atoms with van der Waals surface area (Å²) in [5, 5.41) is 10.9. The topological polar surface area (TPSA) is 20.2 Å². The monoisotopic (exact) mass is 232 g/mol. The van der Waals surface area contributed by atoms with Crippen LogP contribution >= 0.6 is 0 Å². The molecule has 0 amide bonds. The molecule has 0 saturated heterocycles. The zero-order chi connectivity index (χ0) is 12.1. The number of hydrogen-bond acceptors (Lipinski definition) is 1. The number of aliphatic hydroxyl groups is 1. The lowest BCUT2D eigenvalue weighted by Crippen LogP contribution is -2.25.